The zero-order valence-electron chi connectivity index (χ0n) is 24.0. The van der Waals surface area contributed by atoms with Crippen LogP contribution in [-0.4, -0.2) is 44.3 Å². The SMILES string of the molecule is CC[C@@H](C(=O)NCC(C)C)N(Cc1ccccc1C)C(=O)CN(c1cc(Cl)ccc1Cl)S(=O)(=O)c1ccc(C)cc1. The van der Waals surface area contributed by atoms with Crippen LogP contribution in [0.3, 0.4) is 0 Å². The third-order valence-corrected chi connectivity index (χ3v) is 9.07. The third kappa shape index (κ3) is 8.24. The second kappa shape index (κ2) is 14.2. The van der Waals surface area contributed by atoms with Gasteiger partial charge < -0.3 is 10.2 Å². The number of benzene rings is 3. The predicted molar refractivity (Wildman–Crippen MR) is 166 cm³/mol. The summed E-state index contributed by atoms with van der Waals surface area (Å²) < 4.78 is 29.0. The molecule has 3 rings (SSSR count). The van der Waals surface area contributed by atoms with Gasteiger partial charge in [0.2, 0.25) is 11.8 Å². The smallest absolute Gasteiger partial charge is 0.264 e. The molecular weight excluding hydrogens is 581 g/mol. The molecule has 0 aliphatic heterocycles. The quantitative estimate of drug-likeness (QED) is 0.255. The highest BCUT2D eigenvalue weighted by molar-refractivity contribution is 7.92. The zero-order chi connectivity index (χ0) is 30.3. The Morgan fingerprint density at radius 3 is 2.22 bits per heavy atom. The summed E-state index contributed by atoms with van der Waals surface area (Å²) in [5, 5.41) is 3.31. The highest BCUT2D eigenvalue weighted by atomic mass is 35.5. The Balaban J connectivity index is 2.10. The second-order valence-electron chi connectivity index (χ2n) is 10.4. The van der Waals surface area contributed by atoms with Crippen molar-refractivity contribution in [3.8, 4) is 0 Å². The summed E-state index contributed by atoms with van der Waals surface area (Å²) in [6, 6.07) is 17.6. The summed E-state index contributed by atoms with van der Waals surface area (Å²) in [5.41, 5.74) is 2.76. The number of sulfonamides is 1. The fraction of sp³-hybridized carbons (Fsp3) is 0.355. The minimum Gasteiger partial charge on any atom is -0.354 e. The number of hydrogen-bond donors (Lipinski definition) is 1. The van der Waals surface area contributed by atoms with E-state index in [4.69, 9.17) is 23.2 Å². The molecule has 0 saturated heterocycles. The van der Waals surface area contributed by atoms with E-state index in [0.29, 0.717) is 13.0 Å². The Kier molecular flexibility index (Phi) is 11.2. The molecule has 0 aliphatic rings. The van der Waals surface area contributed by atoms with E-state index < -0.39 is 28.5 Å². The van der Waals surface area contributed by atoms with Crippen molar-refractivity contribution in [3.63, 3.8) is 0 Å². The van der Waals surface area contributed by atoms with Gasteiger partial charge in [-0.15, -0.1) is 0 Å². The Hall–Kier alpha value is -3.07. The van der Waals surface area contributed by atoms with E-state index in [-0.39, 0.29) is 39.0 Å². The number of anilines is 1. The number of hydrogen-bond acceptors (Lipinski definition) is 4. The van der Waals surface area contributed by atoms with Crippen molar-refractivity contribution in [1.82, 2.24) is 10.2 Å². The van der Waals surface area contributed by atoms with Crippen LogP contribution in [0.4, 0.5) is 5.69 Å². The van der Waals surface area contributed by atoms with Crippen LogP contribution in [0.25, 0.3) is 0 Å². The number of nitrogens with zero attached hydrogens (tertiary/aromatic N) is 2. The molecule has 3 aromatic rings. The van der Waals surface area contributed by atoms with Gasteiger partial charge in [0, 0.05) is 18.1 Å². The lowest BCUT2D eigenvalue weighted by Crippen LogP contribution is -2.52. The van der Waals surface area contributed by atoms with Crippen LogP contribution in [-0.2, 0) is 26.2 Å². The first-order valence-corrected chi connectivity index (χ1v) is 15.7. The van der Waals surface area contributed by atoms with E-state index in [1.165, 1.54) is 29.2 Å². The van der Waals surface area contributed by atoms with Gasteiger partial charge in [0.1, 0.15) is 12.6 Å². The van der Waals surface area contributed by atoms with Gasteiger partial charge in [-0.25, -0.2) is 8.42 Å². The predicted octanol–water partition coefficient (Wildman–Crippen LogP) is 6.39. The summed E-state index contributed by atoms with van der Waals surface area (Å²) in [6.45, 7) is 9.57. The minimum atomic E-state index is -4.25. The average molecular weight is 619 g/mol. The van der Waals surface area contributed by atoms with Gasteiger partial charge in [0.15, 0.2) is 0 Å². The van der Waals surface area contributed by atoms with Crippen molar-refractivity contribution in [2.24, 2.45) is 5.92 Å². The first kappa shape index (κ1) is 32.4. The second-order valence-corrected chi connectivity index (χ2v) is 13.1. The van der Waals surface area contributed by atoms with Crippen LogP contribution in [0.15, 0.2) is 71.6 Å². The molecule has 0 radical (unpaired) electrons. The van der Waals surface area contributed by atoms with Crippen LogP contribution in [0.5, 0.6) is 0 Å². The number of rotatable bonds is 12. The number of amides is 2. The Labute approximate surface area is 253 Å². The van der Waals surface area contributed by atoms with Crippen molar-refractivity contribution in [3.05, 3.63) is 93.5 Å². The first-order chi connectivity index (χ1) is 19.3. The molecule has 0 heterocycles. The standard InChI is InChI=1S/C31H37Cl2N3O4S/c1-6-28(31(38)34-18-21(2)3)35(19-24-10-8-7-9-23(24)5)30(37)20-36(29-17-25(32)13-16-27(29)33)41(39,40)26-14-11-22(4)12-15-26/h7-17,21,28H,6,18-20H2,1-5H3,(H,34,38)/t28-/m0/s1. The van der Waals surface area contributed by atoms with Gasteiger partial charge in [-0.05, 0) is 67.6 Å². The molecule has 0 aromatic heterocycles. The molecule has 220 valence electrons. The lowest BCUT2D eigenvalue weighted by Gasteiger charge is -2.34. The number of aryl methyl sites for hydroxylation is 2. The molecular formula is C31H37Cl2N3O4S. The summed E-state index contributed by atoms with van der Waals surface area (Å²) in [4.78, 5) is 29.0. The molecule has 3 aromatic carbocycles. The topological polar surface area (TPSA) is 86.8 Å². The average Bonchev–Trinajstić information content (AvgIpc) is 2.93. The summed E-state index contributed by atoms with van der Waals surface area (Å²) in [6.07, 6.45) is 0.337. The van der Waals surface area contributed by atoms with Crippen LogP contribution in [0, 0.1) is 19.8 Å². The highest BCUT2D eigenvalue weighted by Crippen LogP contribution is 2.33. The van der Waals surface area contributed by atoms with E-state index in [1.54, 1.807) is 18.2 Å². The monoisotopic (exact) mass is 617 g/mol. The number of halogens is 2. The van der Waals surface area contributed by atoms with Crippen molar-refractivity contribution in [1.29, 1.82) is 0 Å². The fourth-order valence-electron chi connectivity index (χ4n) is 4.34. The highest BCUT2D eigenvalue weighted by Gasteiger charge is 2.34. The van der Waals surface area contributed by atoms with Crippen LogP contribution in [0.1, 0.15) is 43.9 Å². The maximum atomic E-state index is 14.2. The number of carbonyl (C=O) groups excluding carboxylic acids is 2. The molecule has 0 saturated carbocycles. The fourth-order valence-corrected chi connectivity index (χ4v) is 6.20. The summed E-state index contributed by atoms with van der Waals surface area (Å²) >= 11 is 12.7. The molecule has 1 atom stereocenters. The van der Waals surface area contributed by atoms with E-state index in [9.17, 15) is 18.0 Å². The van der Waals surface area contributed by atoms with Crippen molar-refractivity contribution >= 4 is 50.7 Å². The molecule has 0 bridgehead atoms. The van der Waals surface area contributed by atoms with Crippen LogP contribution < -0.4 is 9.62 Å². The molecule has 2 amide bonds. The number of nitrogens with one attached hydrogen (secondary N) is 1. The van der Waals surface area contributed by atoms with Gasteiger partial charge in [-0.2, -0.15) is 0 Å². The summed E-state index contributed by atoms with van der Waals surface area (Å²) in [7, 11) is -4.25. The Morgan fingerprint density at radius 2 is 1.61 bits per heavy atom. The molecule has 41 heavy (non-hydrogen) atoms. The van der Waals surface area contributed by atoms with Crippen LogP contribution in [0.2, 0.25) is 10.0 Å². The molecule has 0 fully saturated rings. The molecule has 0 spiro atoms. The van der Waals surface area contributed by atoms with Crippen molar-refractivity contribution < 1.29 is 18.0 Å². The van der Waals surface area contributed by atoms with Gasteiger partial charge in [0.05, 0.1) is 15.6 Å². The van der Waals surface area contributed by atoms with Gasteiger partial charge in [-0.1, -0.05) is 85.9 Å². The Bertz CT molecular complexity index is 1480. The molecule has 10 heteroatoms. The minimum absolute atomic E-state index is 0.000820. The number of carbonyl (C=O) groups is 2. The Morgan fingerprint density at radius 1 is 0.951 bits per heavy atom. The maximum Gasteiger partial charge on any atom is 0.264 e. The van der Waals surface area contributed by atoms with Crippen LogP contribution >= 0.6 is 23.2 Å². The maximum absolute atomic E-state index is 14.2. The van der Waals surface area contributed by atoms with Gasteiger partial charge >= 0.3 is 0 Å². The first-order valence-electron chi connectivity index (χ1n) is 13.5. The van der Waals surface area contributed by atoms with E-state index >= 15 is 0 Å². The molecule has 7 nitrogen and oxygen atoms in total. The van der Waals surface area contributed by atoms with Gasteiger partial charge in [-0.3, -0.25) is 13.9 Å². The largest absolute Gasteiger partial charge is 0.354 e. The molecule has 0 aliphatic carbocycles. The van der Waals surface area contributed by atoms with Gasteiger partial charge in [0.25, 0.3) is 10.0 Å². The zero-order valence-corrected chi connectivity index (χ0v) is 26.4. The molecule has 0 unspecified atom stereocenters. The van der Waals surface area contributed by atoms with E-state index in [1.807, 2.05) is 58.9 Å². The van der Waals surface area contributed by atoms with E-state index in [0.717, 1.165) is 21.0 Å². The van der Waals surface area contributed by atoms with Crippen molar-refractivity contribution in [2.75, 3.05) is 17.4 Å². The third-order valence-electron chi connectivity index (χ3n) is 6.74. The molecule has 1 N–H and O–H groups in total. The lowest BCUT2D eigenvalue weighted by molar-refractivity contribution is -0.140. The summed E-state index contributed by atoms with van der Waals surface area (Å²) in [5.74, 6) is -0.625. The van der Waals surface area contributed by atoms with Crippen molar-refractivity contribution in [2.45, 2.75) is 58.5 Å². The van der Waals surface area contributed by atoms with E-state index in [2.05, 4.69) is 5.32 Å². The lowest BCUT2D eigenvalue weighted by atomic mass is 10.1. The normalized spacial score (nSPS) is 12.2.